The zero-order chi connectivity index (χ0) is 18.6. The van der Waals surface area contributed by atoms with Crippen LogP contribution in [0.3, 0.4) is 0 Å². The third-order valence-electron chi connectivity index (χ3n) is 4.31. The van der Waals surface area contributed by atoms with Gasteiger partial charge in [-0.3, -0.25) is 4.79 Å². The van der Waals surface area contributed by atoms with E-state index in [0.29, 0.717) is 43.6 Å². The second-order valence-corrected chi connectivity index (χ2v) is 6.65. The first-order chi connectivity index (χ1) is 11.8. The highest BCUT2D eigenvalue weighted by molar-refractivity contribution is 5.82. The van der Waals surface area contributed by atoms with Gasteiger partial charge in [0.05, 0.1) is 31.3 Å². The second kappa shape index (κ2) is 7.94. The number of hydrogen-bond acceptors (Lipinski definition) is 8. The van der Waals surface area contributed by atoms with Crippen LogP contribution in [-0.2, 0) is 14.9 Å². The molecule has 1 fully saturated rings. The van der Waals surface area contributed by atoms with Crippen LogP contribution in [0.2, 0.25) is 0 Å². The van der Waals surface area contributed by atoms with Gasteiger partial charge < -0.3 is 29.9 Å². The van der Waals surface area contributed by atoms with E-state index in [0.717, 1.165) is 0 Å². The summed E-state index contributed by atoms with van der Waals surface area (Å²) in [6.07, 6.45) is 0.624. The van der Waals surface area contributed by atoms with Gasteiger partial charge in [-0.25, -0.2) is 4.98 Å². The van der Waals surface area contributed by atoms with E-state index >= 15 is 0 Å². The first-order valence-corrected chi connectivity index (χ1v) is 8.21. The number of anilines is 2. The highest BCUT2D eigenvalue weighted by Crippen LogP contribution is 2.32. The van der Waals surface area contributed by atoms with Crippen LogP contribution in [0.25, 0.3) is 0 Å². The van der Waals surface area contributed by atoms with E-state index in [1.54, 1.807) is 25.8 Å². The van der Waals surface area contributed by atoms with Crippen LogP contribution in [0.1, 0.15) is 19.4 Å². The molecule has 1 aromatic heterocycles. The van der Waals surface area contributed by atoms with Gasteiger partial charge in [0.2, 0.25) is 5.95 Å². The number of carboxylic acids is 1. The van der Waals surface area contributed by atoms with Gasteiger partial charge in [-0.2, -0.15) is 4.98 Å². The standard InChI is InChI=1S/C16H26N4O5/c1-16(2,14(23)24)12-8-17-15(19(3)9-11(22)10-21)18-13(12)20-4-6-25-7-5-20/h8,11,21-22H,4-7,9-10H2,1-3H3,(H,23,24)/t11-/m1/s1. The summed E-state index contributed by atoms with van der Waals surface area (Å²) in [6, 6.07) is 0. The molecule has 1 aromatic rings. The number of likely N-dealkylation sites (N-methyl/N-ethyl adjacent to an activating group) is 1. The fraction of sp³-hybridized carbons (Fsp3) is 0.688. The van der Waals surface area contributed by atoms with Crippen molar-refractivity contribution in [3.8, 4) is 0 Å². The van der Waals surface area contributed by atoms with Crippen LogP contribution in [0, 0.1) is 0 Å². The van der Waals surface area contributed by atoms with Crippen molar-refractivity contribution in [1.82, 2.24) is 9.97 Å². The first-order valence-electron chi connectivity index (χ1n) is 8.21. The molecule has 0 saturated carbocycles. The Balaban J connectivity index is 2.41. The highest BCUT2D eigenvalue weighted by Gasteiger charge is 2.35. The number of rotatable bonds is 7. The fourth-order valence-corrected chi connectivity index (χ4v) is 2.58. The quantitative estimate of drug-likeness (QED) is 0.593. The molecule has 9 heteroatoms. The minimum atomic E-state index is -1.14. The van der Waals surface area contributed by atoms with Gasteiger partial charge in [-0.15, -0.1) is 0 Å². The monoisotopic (exact) mass is 354 g/mol. The van der Waals surface area contributed by atoms with Crippen molar-refractivity contribution in [3.05, 3.63) is 11.8 Å². The molecular weight excluding hydrogens is 328 g/mol. The number of ether oxygens (including phenoxy) is 1. The Kier molecular flexibility index (Phi) is 6.15. The zero-order valence-electron chi connectivity index (χ0n) is 14.8. The molecule has 140 valence electrons. The van der Waals surface area contributed by atoms with E-state index in [-0.39, 0.29) is 13.2 Å². The molecule has 25 heavy (non-hydrogen) atoms. The molecule has 0 unspecified atom stereocenters. The van der Waals surface area contributed by atoms with E-state index in [1.165, 1.54) is 6.20 Å². The molecule has 0 radical (unpaired) electrons. The number of aliphatic hydroxyl groups is 2. The van der Waals surface area contributed by atoms with Gasteiger partial charge in [-0.05, 0) is 13.8 Å². The lowest BCUT2D eigenvalue weighted by molar-refractivity contribution is -0.142. The van der Waals surface area contributed by atoms with Crippen molar-refractivity contribution in [1.29, 1.82) is 0 Å². The summed E-state index contributed by atoms with van der Waals surface area (Å²) in [7, 11) is 1.71. The number of aliphatic carboxylic acids is 1. The maximum Gasteiger partial charge on any atom is 0.313 e. The third-order valence-corrected chi connectivity index (χ3v) is 4.31. The molecule has 9 nitrogen and oxygen atoms in total. The van der Waals surface area contributed by atoms with E-state index in [4.69, 9.17) is 9.84 Å². The molecular formula is C16H26N4O5. The van der Waals surface area contributed by atoms with Crippen molar-refractivity contribution in [3.63, 3.8) is 0 Å². The number of hydrogen-bond donors (Lipinski definition) is 3. The predicted octanol–water partition coefficient (Wildman–Crippen LogP) is -0.535. The molecule has 3 N–H and O–H groups in total. The van der Waals surface area contributed by atoms with Gasteiger partial charge in [0.15, 0.2) is 0 Å². The lowest BCUT2D eigenvalue weighted by Crippen LogP contribution is -2.40. The van der Waals surface area contributed by atoms with E-state index in [2.05, 4.69) is 9.97 Å². The van der Waals surface area contributed by atoms with E-state index < -0.39 is 17.5 Å². The van der Waals surface area contributed by atoms with Crippen molar-refractivity contribution < 1.29 is 24.9 Å². The average molecular weight is 354 g/mol. The van der Waals surface area contributed by atoms with Crippen LogP contribution in [0.5, 0.6) is 0 Å². The third kappa shape index (κ3) is 4.36. The Morgan fingerprint density at radius 1 is 1.44 bits per heavy atom. The molecule has 0 aliphatic carbocycles. The topological polar surface area (TPSA) is 119 Å². The van der Waals surface area contributed by atoms with Crippen molar-refractivity contribution in [2.24, 2.45) is 0 Å². The molecule has 0 amide bonds. The fourth-order valence-electron chi connectivity index (χ4n) is 2.58. The predicted molar refractivity (Wildman–Crippen MR) is 92.1 cm³/mol. The Hall–Kier alpha value is -1.97. The van der Waals surface area contributed by atoms with Crippen LogP contribution in [0.15, 0.2) is 6.20 Å². The van der Waals surface area contributed by atoms with E-state index in [1.807, 2.05) is 4.90 Å². The van der Waals surface area contributed by atoms with Crippen molar-refractivity contribution in [2.75, 3.05) is 56.3 Å². The van der Waals surface area contributed by atoms with Crippen LogP contribution in [-0.4, -0.2) is 83.9 Å². The molecule has 0 aromatic carbocycles. The Morgan fingerprint density at radius 2 is 2.08 bits per heavy atom. The number of morpholine rings is 1. The largest absolute Gasteiger partial charge is 0.481 e. The van der Waals surface area contributed by atoms with Crippen LogP contribution >= 0.6 is 0 Å². The smallest absolute Gasteiger partial charge is 0.313 e. The van der Waals surface area contributed by atoms with E-state index in [9.17, 15) is 15.0 Å². The minimum Gasteiger partial charge on any atom is -0.481 e. The molecule has 1 atom stereocenters. The van der Waals surface area contributed by atoms with Crippen LogP contribution < -0.4 is 9.80 Å². The minimum absolute atomic E-state index is 0.167. The maximum atomic E-state index is 11.7. The van der Waals surface area contributed by atoms with Gasteiger partial charge >= 0.3 is 5.97 Å². The van der Waals surface area contributed by atoms with Gasteiger partial charge in [0.25, 0.3) is 0 Å². The molecule has 2 heterocycles. The summed E-state index contributed by atoms with van der Waals surface area (Å²) in [5.74, 6) is -0.0348. The summed E-state index contributed by atoms with van der Waals surface area (Å²) < 4.78 is 5.37. The number of carboxylic acid groups (broad SMARTS) is 1. The maximum absolute atomic E-state index is 11.7. The number of aromatic nitrogens is 2. The summed E-state index contributed by atoms with van der Waals surface area (Å²) in [5.41, 5.74) is -0.614. The summed E-state index contributed by atoms with van der Waals surface area (Å²) >= 11 is 0. The average Bonchev–Trinajstić information content (AvgIpc) is 2.61. The Morgan fingerprint density at radius 3 is 2.64 bits per heavy atom. The lowest BCUT2D eigenvalue weighted by Gasteiger charge is -2.33. The van der Waals surface area contributed by atoms with Crippen molar-refractivity contribution >= 4 is 17.7 Å². The number of nitrogens with zero attached hydrogens (tertiary/aromatic N) is 4. The van der Waals surface area contributed by atoms with Gasteiger partial charge in [0.1, 0.15) is 5.82 Å². The molecule has 1 aliphatic heterocycles. The Bertz CT molecular complexity index is 604. The number of carbonyl (C=O) groups is 1. The van der Waals surface area contributed by atoms with Gasteiger partial charge in [-0.1, -0.05) is 0 Å². The molecule has 1 aliphatic rings. The summed E-state index contributed by atoms with van der Waals surface area (Å²) in [6.45, 7) is 5.38. The van der Waals surface area contributed by atoms with Crippen LogP contribution in [0.4, 0.5) is 11.8 Å². The molecule has 2 rings (SSSR count). The summed E-state index contributed by atoms with van der Waals surface area (Å²) in [5, 5.41) is 28.2. The Labute approximate surface area is 146 Å². The molecule has 0 spiro atoms. The number of aliphatic hydroxyl groups excluding tert-OH is 2. The zero-order valence-corrected chi connectivity index (χ0v) is 14.8. The molecule has 1 saturated heterocycles. The molecule has 0 bridgehead atoms. The lowest BCUT2D eigenvalue weighted by atomic mass is 9.85. The SMILES string of the molecule is CN(C[C@@H](O)CO)c1ncc(C(C)(C)C(=O)O)c(N2CCOCC2)n1. The summed E-state index contributed by atoms with van der Waals surface area (Å²) in [4.78, 5) is 24.1. The van der Waals surface area contributed by atoms with Crippen molar-refractivity contribution in [2.45, 2.75) is 25.4 Å². The highest BCUT2D eigenvalue weighted by atomic mass is 16.5. The van der Waals surface area contributed by atoms with Gasteiger partial charge in [0, 0.05) is 38.4 Å². The first kappa shape index (κ1) is 19.4. The second-order valence-electron chi connectivity index (χ2n) is 6.65. The normalized spacial score (nSPS) is 16.6.